The highest BCUT2D eigenvalue weighted by Gasteiger charge is 2.10. The van der Waals surface area contributed by atoms with Crippen molar-refractivity contribution in [2.75, 3.05) is 5.32 Å². The number of rotatable bonds is 4. The lowest BCUT2D eigenvalue weighted by Gasteiger charge is -2.09. The molecule has 0 saturated carbocycles. The van der Waals surface area contributed by atoms with Crippen molar-refractivity contribution in [1.29, 1.82) is 0 Å². The highest BCUT2D eigenvalue weighted by atomic mass is 79.9. The molecule has 1 aromatic carbocycles. The number of halogens is 2. The summed E-state index contributed by atoms with van der Waals surface area (Å²) in [4.78, 5) is 20.8. The molecule has 0 bridgehead atoms. The summed E-state index contributed by atoms with van der Waals surface area (Å²) in [6, 6.07) is 14.5. The van der Waals surface area contributed by atoms with Crippen LogP contribution >= 0.6 is 27.5 Å². The maximum atomic E-state index is 12.3. The Bertz CT molecular complexity index is 854. The largest absolute Gasteiger partial charge is 0.322 e. The van der Waals surface area contributed by atoms with Crippen molar-refractivity contribution >= 4 is 39.1 Å². The number of benzene rings is 1. The van der Waals surface area contributed by atoms with E-state index in [2.05, 4.69) is 31.2 Å². The van der Waals surface area contributed by atoms with Crippen molar-refractivity contribution in [1.82, 2.24) is 9.97 Å². The first-order chi connectivity index (χ1) is 11.7. The Morgan fingerprint density at radius 1 is 1.12 bits per heavy atom. The molecule has 1 amide bonds. The first kappa shape index (κ1) is 16.6. The quantitative estimate of drug-likeness (QED) is 0.629. The van der Waals surface area contributed by atoms with E-state index >= 15 is 0 Å². The summed E-state index contributed by atoms with van der Waals surface area (Å²) in [5.74, 6) is -0.224. The summed E-state index contributed by atoms with van der Waals surface area (Å²) in [6.45, 7) is 0. The molecule has 0 aliphatic rings. The molecule has 0 fully saturated rings. The molecule has 0 aliphatic heterocycles. The van der Waals surface area contributed by atoms with E-state index in [1.807, 2.05) is 30.3 Å². The summed E-state index contributed by atoms with van der Waals surface area (Å²) >= 11 is 9.58. The lowest BCUT2D eigenvalue weighted by Crippen LogP contribution is -2.12. The molecule has 0 saturated heterocycles. The molecule has 3 rings (SSSR count). The Labute approximate surface area is 153 Å². The highest BCUT2D eigenvalue weighted by molar-refractivity contribution is 9.08. The molecule has 120 valence electrons. The van der Waals surface area contributed by atoms with Crippen LogP contribution in [0.1, 0.15) is 16.1 Å². The molecule has 6 heteroatoms. The zero-order chi connectivity index (χ0) is 16.9. The van der Waals surface area contributed by atoms with Gasteiger partial charge >= 0.3 is 0 Å². The zero-order valence-corrected chi connectivity index (χ0v) is 14.9. The highest BCUT2D eigenvalue weighted by Crippen LogP contribution is 2.29. The Balaban J connectivity index is 1.83. The van der Waals surface area contributed by atoms with Gasteiger partial charge in [-0.2, -0.15) is 0 Å². The number of anilines is 1. The van der Waals surface area contributed by atoms with Gasteiger partial charge in [0, 0.05) is 29.0 Å². The van der Waals surface area contributed by atoms with Crippen LogP contribution in [0.15, 0.2) is 60.9 Å². The summed E-state index contributed by atoms with van der Waals surface area (Å²) in [5.41, 5.74) is 3.53. The average molecular weight is 403 g/mol. The van der Waals surface area contributed by atoms with Gasteiger partial charge in [-0.15, -0.1) is 0 Å². The van der Waals surface area contributed by atoms with Crippen LogP contribution in [0, 0.1) is 0 Å². The van der Waals surface area contributed by atoms with Crippen LogP contribution in [0.5, 0.6) is 0 Å². The fourth-order valence-electron chi connectivity index (χ4n) is 2.16. The van der Waals surface area contributed by atoms with Crippen molar-refractivity contribution < 1.29 is 4.79 Å². The molecule has 2 heterocycles. The molecule has 0 unspecified atom stereocenters. The molecule has 1 N–H and O–H groups in total. The third kappa shape index (κ3) is 3.80. The van der Waals surface area contributed by atoms with Crippen molar-refractivity contribution in [2.24, 2.45) is 0 Å². The second-order valence-electron chi connectivity index (χ2n) is 5.04. The number of carbonyl (C=O) groups is 1. The second kappa shape index (κ2) is 7.55. The van der Waals surface area contributed by atoms with Crippen molar-refractivity contribution in [3.05, 3.63) is 77.2 Å². The Morgan fingerprint density at radius 2 is 2.00 bits per heavy atom. The van der Waals surface area contributed by atoms with Gasteiger partial charge in [0.25, 0.3) is 5.91 Å². The third-order valence-electron chi connectivity index (χ3n) is 3.39. The normalized spacial score (nSPS) is 10.4. The molecule has 4 nitrogen and oxygen atoms in total. The Morgan fingerprint density at radius 3 is 2.67 bits per heavy atom. The first-order valence-electron chi connectivity index (χ1n) is 7.20. The zero-order valence-electron chi connectivity index (χ0n) is 12.5. The van der Waals surface area contributed by atoms with Crippen LogP contribution in [0.4, 0.5) is 5.69 Å². The minimum Gasteiger partial charge on any atom is -0.322 e. The Hall–Kier alpha value is -2.24. The van der Waals surface area contributed by atoms with Crippen LogP contribution in [0.25, 0.3) is 11.3 Å². The number of amides is 1. The number of aromatic nitrogens is 2. The van der Waals surface area contributed by atoms with Crippen molar-refractivity contribution in [3.63, 3.8) is 0 Å². The van der Waals surface area contributed by atoms with E-state index in [4.69, 9.17) is 11.6 Å². The predicted molar refractivity (Wildman–Crippen MR) is 99.5 cm³/mol. The number of nitrogens with one attached hydrogen (secondary N) is 1. The van der Waals surface area contributed by atoms with Gasteiger partial charge in [-0.25, -0.2) is 0 Å². The molecule has 2 aromatic heterocycles. The minimum absolute atomic E-state index is 0.224. The summed E-state index contributed by atoms with van der Waals surface area (Å²) in [6.07, 6.45) is 3.26. The van der Waals surface area contributed by atoms with E-state index in [0.29, 0.717) is 21.6 Å². The van der Waals surface area contributed by atoms with Crippen LogP contribution in [-0.4, -0.2) is 15.9 Å². The van der Waals surface area contributed by atoms with Crippen LogP contribution in [-0.2, 0) is 5.33 Å². The molecule has 0 spiro atoms. The van der Waals surface area contributed by atoms with Gasteiger partial charge in [-0.1, -0.05) is 33.6 Å². The first-order valence-corrected chi connectivity index (χ1v) is 8.70. The van der Waals surface area contributed by atoms with Gasteiger partial charge in [0.15, 0.2) is 0 Å². The summed E-state index contributed by atoms with van der Waals surface area (Å²) in [7, 11) is 0. The summed E-state index contributed by atoms with van der Waals surface area (Å²) in [5, 5.41) is 4.09. The molecule has 0 radical (unpaired) electrons. The van der Waals surface area contributed by atoms with Gasteiger partial charge < -0.3 is 5.32 Å². The second-order valence-corrected chi connectivity index (χ2v) is 6.00. The van der Waals surface area contributed by atoms with E-state index in [0.717, 1.165) is 17.0 Å². The standard InChI is InChI=1S/C18H13BrClN3O/c19-10-14-5-4-12(11-22-14)18(24)23-13-6-7-16(20)15(9-13)17-3-1-2-8-21-17/h1-9,11H,10H2,(H,23,24). The monoisotopic (exact) mass is 401 g/mol. The minimum atomic E-state index is -0.224. The van der Waals surface area contributed by atoms with Crippen LogP contribution < -0.4 is 5.32 Å². The molecule has 0 atom stereocenters. The lowest BCUT2D eigenvalue weighted by molar-refractivity contribution is 0.102. The fraction of sp³-hybridized carbons (Fsp3) is 0.0556. The predicted octanol–water partition coefficient (Wildman–Crippen LogP) is 4.94. The average Bonchev–Trinajstić information content (AvgIpc) is 2.64. The van der Waals surface area contributed by atoms with Gasteiger partial charge in [0.1, 0.15) is 0 Å². The van der Waals surface area contributed by atoms with Crippen LogP contribution in [0.2, 0.25) is 5.02 Å². The van der Waals surface area contributed by atoms with Gasteiger partial charge in [-0.05, 0) is 42.5 Å². The number of hydrogen-bond donors (Lipinski definition) is 1. The molecular formula is C18H13BrClN3O. The topological polar surface area (TPSA) is 54.9 Å². The van der Waals surface area contributed by atoms with E-state index in [9.17, 15) is 4.79 Å². The Kier molecular flexibility index (Phi) is 5.23. The smallest absolute Gasteiger partial charge is 0.257 e. The maximum absolute atomic E-state index is 12.3. The SMILES string of the molecule is O=C(Nc1ccc(Cl)c(-c2ccccn2)c1)c1ccc(CBr)nc1. The van der Waals surface area contributed by atoms with Crippen LogP contribution in [0.3, 0.4) is 0 Å². The number of pyridine rings is 2. The van der Waals surface area contributed by atoms with Gasteiger partial charge in [0.05, 0.1) is 22.0 Å². The lowest BCUT2D eigenvalue weighted by atomic mass is 10.1. The van der Waals surface area contributed by atoms with E-state index < -0.39 is 0 Å². The third-order valence-corrected chi connectivity index (χ3v) is 4.29. The van der Waals surface area contributed by atoms with E-state index in [1.165, 1.54) is 0 Å². The van der Waals surface area contributed by atoms with Crippen molar-refractivity contribution in [3.8, 4) is 11.3 Å². The number of nitrogens with zero attached hydrogens (tertiary/aromatic N) is 2. The van der Waals surface area contributed by atoms with E-state index in [1.54, 1.807) is 30.6 Å². The molecule has 3 aromatic rings. The number of hydrogen-bond acceptors (Lipinski definition) is 3. The number of alkyl halides is 1. The maximum Gasteiger partial charge on any atom is 0.257 e. The van der Waals surface area contributed by atoms with E-state index in [-0.39, 0.29) is 5.91 Å². The van der Waals surface area contributed by atoms with Gasteiger partial charge in [-0.3, -0.25) is 14.8 Å². The molecular weight excluding hydrogens is 390 g/mol. The van der Waals surface area contributed by atoms with Crippen molar-refractivity contribution in [2.45, 2.75) is 5.33 Å². The number of carbonyl (C=O) groups excluding carboxylic acids is 1. The fourth-order valence-corrected chi connectivity index (χ4v) is 2.71. The molecule has 24 heavy (non-hydrogen) atoms. The summed E-state index contributed by atoms with van der Waals surface area (Å²) < 4.78 is 0. The van der Waals surface area contributed by atoms with Gasteiger partial charge in [0.2, 0.25) is 0 Å². The molecule has 0 aliphatic carbocycles.